The molecule has 1 aliphatic rings. The van der Waals surface area contributed by atoms with E-state index in [0.717, 1.165) is 4.90 Å². The smallest absolute Gasteiger partial charge is 0.412 e. The molecule has 0 saturated carbocycles. The first-order chi connectivity index (χ1) is 10.7. The number of ether oxygens (including phenoxy) is 2. The van der Waals surface area contributed by atoms with Crippen molar-refractivity contribution >= 4 is 17.8 Å². The second-order valence-electron chi connectivity index (χ2n) is 6.24. The Bertz CT molecular complexity index is 586. The van der Waals surface area contributed by atoms with E-state index in [-0.39, 0.29) is 13.0 Å². The molecule has 0 N–H and O–H groups in total. The molecule has 0 spiro atoms. The molecule has 1 aromatic heterocycles. The van der Waals surface area contributed by atoms with Crippen LogP contribution in [0.5, 0.6) is 0 Å². The number of ketones is 1. The number of carbonyl (C=O) groups is 3. The van der Waals surface area contributed by atoms with E-state index >= 15 is 0 Å². The van der Waals surface area contributed by atoms with Gasteiger partial charge in [0.25, 0.3) is 0 Å². The second-order valence-corrected chi connectivity index (χ2v) is 6.24. The Hall–Kier alpha value is -2.31. The van der Waals surface area contributed by atoms with Gasteiger partial charge in [0.2, 0.25) is 0 Å². The Morgan fingerprint density at radius 3 is 2.61 bits per heavy atom. The second kappa shape index (κ2) is 6.44. The molecule has 2 unspecified atom stereocenters. The topological polar surface area (TPSA) is 86.1 Å². The minimum atomic E-state index is -1.31. The summed E-state index contributed by atoms with van der Waals surface area (Å²) in [5, 5.41) is 0. The van der Waals surface area contributed by atoms with Gasteiger partial charge < -0.3 is 13.9 Å². The van der Waals surface area contributed by atoms with Gasteiger partial charge in [-0.25, -0.2) is 9.59 Å². The fourth-order valence-electron chi connectivity index (χ4n) is 2.47. The SMILES string of the molecule is CCOC(=O)C1C(=O)CC(c2ccco2)N1C(=O)OC(C)(C)C. The highest BCUT2D eigenvalue weighted by molar-refractivity contribution is 6.07. The Kier molecular flexibility index (Phi) is 4.77. The van der Waals surface area contributed by atoms with Crippen LogP contribution < -0.4 is 0 Å². The minimum absolute atomic E-state index is 0.0176. The molecule has 1 amide bonds. The van der Waals surface area contributed by atoms with E-state index in [1.807, 2.05) is 0 Å². The third-order valence-corrected chi connectivity index (χ3v) is 3.30. The molecular formula is C16H21NO6. The number of furan rings is 1. The van der Waals surface area contributed by atoms with E-state index in [1.54, 1.807) is 39.8 Å². The standard InChI is InChI=1S/C16H21NO6/c1-5-21-14(19)13-11(18)9-10(12-7-6-8-22-12)17(13)15(20)23-16(2,3)4/h6-8,10,13H,5,9H2,1-4H3. The van der Waals surface area contributed by atoms with Crippen LogP contribution in [0.2, 0.25) is 0 Å². The van der Waals surface area contributed by atoms with Gasteiger partial charge in [0.15, 0.2) is 11.8 Å². The zero-order valence-corrected chi connectivity index (χ0v) is 13.7. The lowest BCUT2D eigenvalue weighted by Gasteiger charge is -2.30. The highest BCUT2D eigenvalue weighted by Crippen LogP contribution is 2.36. The lowest BCUT2D eigenvalue weighted by Crippen LogP contribution is -2.47. The van der Waals surface area contributed by atoms with Crippen LogP contribution in [-0.2, 0) is 19.1 Å². The summed E-state index contributed by atoms with van der Waals surface area (Å²) in [6, 6.07) is 1.33. The molecule has 0 bridgehead atoms. The number of carbonyl (C=O) groups excluding carboxylic acids is 3. The van der Waals surface area contributed by atoms with Crippen LogP contribution in [0.15, 0.2) is 22.8 Å². The summed E-state index contributed by atoms with van der Waals surface area (Å²) in [5.74, 6) is -0.718. The predicted molar refractivity (Wildman–Crippen MR) is 79.6 cm³/mol. The quantitative estimate of drug-likeness (QED) is 0.627. The van der Waals surface area contributed by atoms with E-state index in [1.165, 1.54) is 6.26 Å². The molecule has 0 radical (unpaired) electrons. The Morgan fingerprint density at radius 2 is 2.09 bits per heavy atom. The zero-order valence-electron chi connectivity index (χ0n) is 13.7. The fraction of sp³-hybridized carbons (Fsp3) is 0.562. The first-order valence-corrected chi connectivity index (χ1v) is 7.48. The van der Waals surface area contributed by atoms with E-state index in [4.69, 9.17) is 13.9 Å². The van der Waals surface area contributed by atoms with Gasteiger partial charge in [-0.2, -0.15) is 0 Å². The summed E-state index contributed by atoms with van der Waals surface area (Å²) in [5.41, 5.74) is -0.754. The molecule has 1 saturated heterocycles. The Labute approximate surface area is 134 Å². The molecule has 7 heteroatoms. The first-order valence-electron chi connectivity index (χ1n) is 7.48. The highest BCUT2D eigenvalue weighted by atomic mass is 16.6. The van der Waals surface area contributed by atoms with Gasteiger partial charge in [-0.1, -0.05) is 0 Å². The normalized spacial score (nSPS) is 21.4. The van der Waals surface area contributed by atoms with Crippen molar-refractivity contribution in [1.82, 2.24) is 4.90 Å². The van der Waals surface area contributed by atoms with Crippen LogP contribution >= 0.6 is 0 Å². The summed E-state index contributed by atoms with van der Waals surface area (Å²) in [4.78, 5) is 38.1. The molecule has 0 aromatic carbocycles. The molecule has 1 fully saturated rings. The largest absolute Gasteiger partial charge is 0.467 e. The third kappa shape index (κ3) is 3.72. The van der Waals surface area contributed by atoms with E-state index < -0.39 is 35.5 Å². The van der Waals surface area contributed by atoms with Crippen LogP contribution in [0.4, 0.5) is 4.79 Å². The van der Waals surface area contributed by atoms with Crippen molar-refractivity contribution in [3.63, 3.8) is 0 Å². The maximum Gasteiger partial charge on any atom is 0.412 e. The molecule has 2 atom stereocenters. The lowest BCUT2D eigenvalue weighted by molar-refractivity contribution is -0.151. The van der Waals surface area contributed by atoms with Crippen molar-refractivity contribution in [2.75, 3.05) is 6.61 Å². The van der Waals surface area contributed by atoms with Crippen LogP contribution in [0.25, 0.3) is 0 Å². The average molecular weight is 323 g/mol. The number of hydrogen-bond donors (Lipinski definition) is 0. The van der Waals surface area contributed by atoms with Crippen LogP contribution in [0.1, 0.15) is 45.9 Å². The van der Waals surface area contributed by atoms with E-state index in [0.29, 0.717) is 5.76 Å². The molecule has 23 heavy (non-hydrogen) atoms. The van der Waals surface area contributed by atoms with Gasteiger partial charge in [-0.15, -0.1) is 0 Å². The van der Waals surface area contributed by atoms with Crippen LogP contribution in [0.3, 0.4) is 0 Å². The number of Topliss-reactive ketones (excluding diaryl/α,β-unsaturated/α-hetero) is 1. The highest BCUT2D eigenvalue weighted by Gasteiger charge is 2.50. The summed E-state index contributed by atoms with van der Waals surface area (Å²) < 4.78 is 15.6. The minimum Gasteiger partial charge on any atom is -0.467 e. The maximum atomic E-state index is 12.5. The average Bonchev–Trinajstić information content (AvgIpc) is 3.03. The summed E-state index contributed by atoms with van der Waals surface area (Å²) >= 11 is 0. The number of nitrogens with zero attached hydrogens (tertiary/aromatic N) is 1. The molecule has 2 heterocycles. The fourth-order valence-corrected chi connectivity index (χ4v) is 2.47. The molecule has 1 aliphatic heterocycles. The number of amides is 1. The number of hydrogen-bond acceptors (Lipinski definition) is 6. The van der Waals surface area contributed by atoms with Crippen LogP contribution in [0, 0.1) is 0 Å². The molecule has 2 rings (SSSR count). The van der Waals surface area contributed by atoms with Gasteiger partial charge in [0.1, 0.15) is 17.4 Å². The van der Waals surface area contributed by atoms with E-state index in [2.05, 4.69) is 0 Å². The molecule has 1 aromatic rings. The number of esters is 1. The summed E-state index contributed by atoms with van der Waals surface area (Å²) in [7, 11) is 0. The first kappa shape index (κ1) is 17.1. The molecular weight excluding hydrogens is 302 g/mol. The third-order valence-electron chi connectivity index (χ3n) is 3.30. The summed E-state index contributed by atoms with van der Waals surface area (Å²) in [6.07, 6.45) is 0.684. The lowest BCUT2D eigenvalue weighted by atomic mass is 10.1. The molecule has 7 nitrogen and oxygen atoms in total. The molecule has 126 valence electrons. The van der Waals surface area contributed by atoms with Crippen LogP contribution in [-0.4, -0.2) is 41.0 Å². The Balaban J connectivity index is 2.35. The number of likely N-dealkylation sites (tertiary alicyclic amines) is 1. The molecule has 0 aliphatic carbocycles. The van der Waals surface area contributed by atoms with Crippen molar-refractivity contribution in [3.8, 4) is 0 Å². The van der Waals surface area contributed by atoms with Gasteiger partial charge >= 0.3 is 12.1 Å². The Morgan fingerprint density at radius 1 is 1.39 bits per heavy atom. The van der Waals surface area contributed by atoms with E-state index in [9.17, 15) is 14.4 Å². The monoisotopic (exact) mass is 323 g/mol. The van der Waals surface area contributed by atoms with Crippen molar-refractivity contribution in [2.45, 2.75) is 51.8 Å². The van der Waals surface area contributed by atoms with Gasteiger partial charge in [0, 0.05) is 6.42 Å². The van der Waals surface area contributed by atoms with Crippen molar-refractivity contribution in [2.24, 2.45) is 0 Å². The predicted octanol–water partition coefficient (Wildman–Crippen LogP) is 2.46. The van der Waals surface area contributed by atoms with Gasteiger partial charge in [-0.05, 0) is 39.8 Å². The summed E-state index contributed by atoms with van der Waals surface area (Å²) in [6.45, 7) is 6.90. The van der Waals surface area contributed by atoms with Gasteiger partial charge in [0.05, 0.1) is 12.9 Å². The maximum absolute atomic E-state index is 12.5. The zero-order chi connectivity index (χ0) is 17.2. The van der Waals surface area contributed by atoms with Crippen molar-refractivity contribution < 1.29 is 28.3 Å². The van der Waals surface area contributed by atoms with Gasteiger partial charge in [-0.3, -0.25) is 9.69 Å². The van der Waals surface area contributed by atoms with Crippen molar-refractivity contribution in [1.29, 1.82) is 0 Å². The number of rotatable bonds is 3. The van der Waals surface area contributed by atoms with Crippen molar-refractivity contribution in [3.05, 3.63) is 24.2 Å².